The minimum absolute atomic E-state index is 0. The molecule has 2 N–H and O–H groups in total. The fourth-order valence-corrected chi connectivity index (χ4v) is 7.32. The van der Waals surface area contributed by atoms with Gasteiger partial charge in [0, 0.05) is 43.0 Å². The quantitative estimate of drug-likeness (QED) is 0.170. The van der Waals surface area contributed by atoms with E-state index < -0.39 is 21.1 Å². The van der Waals surface area contributed by atoms with Crippen LogP contribution in [0, 0.1) is 0 Å². The highest BCUT2D eigenvalue weighted by atomic mass is 35.5. The highest BCUT2D eigenvalue weighted by Crippen LogP contribution is 2.22. The predicted molar refractivity (Wildman–Crippen MR) is 213 cm³/mol. The maximum Gasteiger partial charge on any atom is 0.332 e. The molecule has 6 rings (SSSR count). The number of aromatic nitrogens is 8. The van der Waals surface area contributed by atoms with Crippen molar-refractivity contribution in [3.05, 3.63) is 111 Å². The molecule has 0 aliphatic rings. The lowest BCUT2D eigenvalue weighted by atomic mass is 10.2. The number of unbranched alkanes of at least 4 members (excludes halogenated alkanes) is 1. The number of sulfone groups is 1. The number of aromatic amines is 1. The van der Waals surface area contributed by atoms with Crippen LogP contribution in [0.4, 0.5) is 0 Å². The Balaban J connectivity index is 0.000000236. The van der Waals surface area contributed by atoms with Gasteiger partial charge in [0.2, 0.25) is 15.0 Å². The third kappa shape index (κ3) is 8.92. The summed E-state index contributed by atoms with van der Waals surface area (Å²) in [7, 11) is -2.10. The number of hydrogen-bond acceptors (Lipinski definition) is 10. The van der Waals surface area contributed by atoms with E-state index in [2.05, 4.69) is 15.0 Å². The Morgan fingerprint density at radius 1 is 0.796 bits per heavy atom. The molecule has 19 heteroatoms. The van der Waals surface area contributed by atoms with E-state index in [1.165, 1.54) is 25.5 Å². The van der Waals surface area contributed by atoms with Crippen LogP contribution < -0.4 is 22.5 Å². The zero-order valence-electron chi connectivity index (χ0n) is 29.4. The Labute approximate surface area is 324 Å². The van der Waals surface area contributed by atoms with E-state index in [9.17, 15) is 27.6 Å². The van der Waals surface area contributed by atoms with Crippen LogP contribution in [-0.4, -0.2) is 70.4 Å². The van der Waals surface area contributed by atoms with Gasteiger partial charge in [-0.25, -0.2) is 23.0 Å². The molecule has 0 unspecified atom stereocenters. The smallest absolute Gasteiger partial charge is 0.332 e. The number of halogens is 2. The average molecular weight is 822 g/mol. The summed E-state index contributed by atoms with van der Waals surface area (Å²) in [5, 5.41) is 10.5. The molecular formula is C35H42Cl2N8O7S2. The monoisotopic (exact) mass is 820 g/mol. The van der Waals surface area contributed by atoms with Gasteiger partial charge in [0.05, 0.1) is 13.1 Å². The van der Waals surface area contributed by atoms with Crippen molar-refractivity contribution < 1.29 is 13.5 Å². The molecule has 2 aromatic carbocycles. The van der Waals surface area contributed by atoms with E-state index in [0.29, 0.717) is 45.0 Å². The first-order valence-electron chi connectivity index (χ1n) is 16.5. The summed E-state index contributed by atoms with van der Waals surface area (Å²) in [6.45, 7) is 2.80. The molecule has 0 aliphatic heterocycles. The van der Waals surface area contributed by atoms with Crippen LogP contribution in [-0.2, 0) is 43.1 Å². The van der Waals surface area contributed by atoms with Gasteiger partial charge >= 0.3 is 11.4 Å². The predicted octanol–water partition coefficient (Wildman–Crippen LogP) is 4.13. The standard InChI is InChI=1S/C18H21ClN4O2S.C16H17ClN4O5S.CH4/c1-4-5-10-22-16(24)14-15(21(2)18(22)25)20-17(26-3)23(14)11-12-6-8-13(19)9-7-12;1-27(25,26)16-19-13-12(14(23)20(7-2-8-22)15(24)18-13)21(16)9-10-3-5-11(17)6-4-10;/h6-9H,4-5,10-11H2,1-3H3;3-6,22H,2,7-9H2,1H3,(H,18,24);1H4. The molecule has 290 valence electrons. The highest BCUT2D eigenvalue weighted by molar-refractivity contribution is 7.98. The molecule has 0 atom stereocenters. The number of aliphatic hydroxyl groups excluding tert-OH is 1. The molecule has 0 fully saturated rings. The number of hydrogen-bond donors (Lipinski definition) is 2. The van der Waals surface area contributed by atoms with Crippen molar-refractivity contribution in [3.8, 4) is 0 Å². The van der Waals surface area contributed by atoms with Crippen LogP contribution in [0.15, 0.2) is 78.0 Å². The van der Waals surface area contributed by atoms with Gasteiger partial charge in [0.25, 0.3) is 11.1 Å². The number of aliphatic hydroxyl groups is 1. The summed E-state index contributed by atoms with van der Waals surface area (Å²) in [5.74, 6) is 0. The topological polar surface area (TPSA) is 189 Å². The SMILES string of the molecule is C.CCCCn1c(=O)c2c(nc(SC)n2Cc2ccc(Cl)cc2)n(C)c1=O.CS(=O)(=O)c1nc2[nH]c(=O)n(CCCO)c(=O)c2n1Cc1ccc(Cl)cc1. The molecule has 4 heterocycles. The zero-order chi connectivity index (χ0) is 38.6. The van der Waals surface area contributed by atoms with Crippen molar-refractivity contribution in [2.24, 2.45) is 7.05 Å². The van der Waals surface area contributed by atoms with Gasteiger partial charge in [-0.1, -0.05) is 80.0 Å². The van der Waals surface area contributed by atoms with Crippen LogP contribution in [0.1, 0.15) is 44.7 Å². The fourth-order valence-electron chi connectivity index (χ4n) is 5.70. The Bertz CT molecular complexity index is 2620. The third-order valence-electron chi connectivity index (χ3n) is 8.35. The number of nitrogens with one attached hydrogen (secondary N) is 1. The molecule has 0 radical (unpaired) electrons. The summed E-state index contributed by atoms with van der Waals surface area (Å²) >= 11 is 13.3. The first kappa shape index (κ1) is 42.3. The van der Waals surface area contributed by atoms with E-state index in [4.69, 9.17) is 28.3 Å². The van der Waals surface area contributed by atoms with E-state index in [-0.39, 0.29) is 61.1 Å². The molecule has 0 aliphatic carbocycles. The normalized spacial score (nSPS) is 11.5. The van der Waals surface area contributed by atoms with Crippen molar-refractivity contribution in [2.75, 3.05) is 19.1 Å². The summed E-state index contributed by atoms with van der Waals surface area (Å²) < 4.78 is 31.2. The van der Waals surface area contributed by atoms with Gasteiger partial charge < -0.3 is 14.2 Å². The number of thioether (sulfide) groups is 1. The molecule has 0 bridgehead atoms. The Hall–Kier alpha value is -4.42. The molecule has 6 aromatic rings. The first-order chi connectivity index (χ1) is 25.2. The van der Waals surface area contributed by atoms with Gasteiger partial charge in [0.15, 0.2) is 27.5 Å². The maximum atomic E-state index is 13.1. The third-order valence-corrected chi connectivity index (χ3v) is 10.5. The summed E-state index contributed by atoms with van der Waals surface area (Å²) in [5.41, 5.74) is 0.498. The lowest BCUT2D eigenvalue weighted by Gasteiger charge is -2.10. The van der Waals surface area contributed by atoms with Crippen LogP contribution in [0.2, 0.25) is 10.0 Å². The average Bonchev–Trinajstić information content (AvgIpc) is 3.68. The van der Waals surface area contributed by atoms with E-state index in [1.807, 2.05) is 42.0 Å². The molecule has 0 saturated carbocycles. The largest absolute Gasteiger partial charge is 0.396 e. The van der Waals surface area contributed by atoms with Gasteiger partial charge in [-0.2, -0.15) is 4.98 Å². The van der Waals surface area contributed by atoms with Gasteiger partial charge in [-0.15, -0.1) is 0 Å². The zero-order valence-corrected chi connectivity index (χ0v) is 32.5. The molecule has 15 nitrogen and oxygen atoms in total. The van der Waals surface area contributed by atoms with E-state index in [0.717, 1.165) is 29.2 Å². The number of fused-ring (bicyclic) bond motifs is 2. The molecule has 0 amide bonds. The van der Waals surface area contributed by atoms with Gasteiger partial charge in [0.1, 0.15) is 0 Å². The molecule has 0 spiro atoms. The van der Waals surface area contributed by atoms with Crippen LogP contribution in [0.3, 0.4) is 0 Å². The van der Waals surface area contributed by atoms with Crippen LogP contribution in [0.25, 0.3) is 22.3 Å². The minimum Gasteiger partial charge on any atom is -0.396 e. The van der Waals surface area contributed by atoms with Crippen molar-refractivity contribution in [2.45, 2.75) is 70.1 Å². The van der Waals surface area contributed by atoms with Crippen molar-refractivity contribution >= 4 is 67.1 Å². The first-order valence-corrected chi connectivity index (χ1v) is 20.3. The maximum absolute atomic E-state index is 13.1. The van der Waals surface area contributed by atoms with Crippen molar-refractivity contribution in [1.82, 2.24) is 37.8 Å². The highest BCUT2D eigenvalue weighted by Gasteiger charge is 2.24. The number of imidazole rings is 2. The second-order valence-electron chi connectivity index (χ2n) is 12.2. The molecule has 54 heavy (non-hydrogen) atoms. The second kappa shape index (κ2) is 17.8. The second-order valence-corrected chi connectivity index (χ2v) is 15.7. The number of nitrogens with zero attached hydrogens (tertiary/aromatic N) is 7. The minimum atomic E-state index is -3.77. The lowest BCUT2D eigenvalue weighted by Crippen LogP contribution is -2.39. The number of H-pyrrole nitrogens is 1. The van der Waals surface area contributed by atoms with Gasteiger partial charge in [-0.3, -0.25) is 28.3 Å². The Kier molecular flexibility index (Phi) is 14.0. The van der Waals surface area contributed by atoms with Crippen molar-refractivity contribution in [1.29, 1.82) is 0 Å². The number of benzene rings is 2. The summed E-state index contributed by atoms with van der Waals surface area (Å²) in [6, 6.07) is 14.2. The number of aryl methyl sites for hydroxylation is 1. The summed E-state index contributed by atoms with van der Waals surface area (Å²) in [4.78, 5) is 61.6. The van der Waals surface area contributed by atoms with Crippen LogP contribution >= 0.6 is 35.0 Å². The summed E-state index contributed by atoms with van der Waals surface area (Å²) in [6.07, 6.45) is 4.79. The van der Waals surface area contributed by atoms with Crippen LogP contribution in [0.5, 0.6) is 0 Å². The lowest BCUT2D eigenvalue weighted by molar-refractivity contribution is 0.278. The van der Waals surface area contributed by atoms with E-state index in [1.54, 1.807) is 31.3 Å². The van der Waals surface area contributed by atoms with Crippen molar-refractivity contribution in [3.63, 3.8) is 0 Å². The number of rotatable bonds is 12. The Morgan fingerprint density at radius 3 is 1.85 bits per heavy atom. The molecular weight excluding hydrogens is 779 g/mol. The molecule has 4 aromatic heterocycles. The Morgan fingerprint density at radius 2 is 1.33 bits per heavy atom. The van der Waals surface area contributed by atoms with E-state index >= 15 is 0 Å². The fraction of sp³-hybridized carbons (Fsp3) is 0.371. The van der Waals surface area contributed by atoms with Gasteiger partial charge in [-0.05, 0) is 54.5 Å². The molecule has 0 saturated heterocycles.